The van der Waals surface area contributed by atoms with Crippen molar-refractivity contribution in [2.45, 2.75) is 12.1 Å². The van der Waals surface area contributed by atoms with Gasteiger partial charge in [-0.25, -0.2) is 5.43 Å². The lowest BCUT2D eigenvalue weighted by atomic mass is 10.2. The molecule has 0 radical (unpaired) electrons. The average molecular weight is 489 g/mol. The van der Waals surface area contributed by atoms with Gasteiger partial charge in [-0.2, -0.15) is 5.10 Å². The summed E-state index contributed by atoms with van der Waals surface area (Å²) < 4.78 is 12.7. The van der Waals surface area contributed by atoms with Crippen LogP contribution in [0.5, 0.6) is 11.5 Å². The smallest absolute Gasteiger partial charge is 0.250 e. The fourth-order valence-corrected chi connectivity index (χ4v) is 4.05. The quantitative estimate of drug-likeness (QED) is 0.216. The molecule has 2 aromatic carbocycles. The number of benzene rings is 2. The first-order chi connectivity index (χ1) is 17.1. The van der Waals surface area contributed by atoms with Crippen molar-refractivity contribution in [1.29, 1.82) is 0 Å². The summed E-state index contributed by atoms with van der Waals surface area (Å²) in [5.74, 6) is 1.69. The van der Waals surface area contributed by atoms with Crippen molar-refractivity contribution in [2.24, 2.45) is 5.10 Å². The van der Waals surface area contributed by atoms with Gasteiger partial charge in [0.1, 0.15) is 0 Å². The van der Waals surface area contributed by atoms with Gasteiger partial charge in [0.05, 0.1) is 25.7 Å². The highest BCUT2D eigenvalue weighted by Crippen LogP contribution is 2.34. The van der Waals surface area contributed by atoms with Crippen LogP contribution in [0.3, 0.4) is 0 Å². The molecule has 0 fully saturated rings. The highest BCUT2D eigenvalue weighted by atomic mass is 32.2. The van der Waals surface area contributed by atoms with Crippen LogP contribution in [-0.4, -0.2) is 51.3 Å². The van der Waals surface area contributed by atoms with Gasteiger partial charge >= 0.3 is 0 Å². The van der Waals surface area contributed by atoms with Gasteiger partial charge in [-0.1, -0.05) is 30.0 Å². The lowest BCUT2D eigenvalue weighted by Gasteiger charge is -2.12. The molecule has 1 amide bonds. The number of para-hydroxylation sites is 1. The fourth-order valence-electron chi connectivity index (χ4n) is 3.30. The summed E-state index contributed by atoms with van der Waals surface area (Å²) in [5, 5.41) is 13.5. The van der Waals surface area contributed by atoms with E-state index in [1.165, 1.54) is 11.8 Å². The van der Waals surface area contributed by atoms with E-state index >= 15 is 0 Å². The minimum absolute atomic E-state index is 0.115. The molecule has 35 heavy (non-hydrogen) atoms. The molecule has 1 N–H and O–H groups in total. The van der Waals surface area contributed by atoms with E-state index in [9.17, 15) is 4.79 Å². The maximum atomic E-state index is 12.5. The Morgan fingerprint density at radius 3 is 2.46 bits per heavy atom. The summed E-state index contributed by atoms with van der Waals surface area (Å²) >= 11 is 1.27. The molecule has 178 valence electrons. The Morgan fingerprint density at radius 1 is 1.00 bits per heavy atom. The van der Waals surface area contributed by atoms with E-state index < -0.39 is 0 Å². The summed E-state index contributed by atoms with van der Waals surface area (Å²) in [7, 11) is 3.18. The zero-order chi connectivity index (χ0) is 24.6. The Kier molecular flexibility index (Phi) is 7.74. The van der Waals surface area contributed by atoms with Gasteiger partial charge in [0, 0.05) is 29.2 Å². The summed E-state index contributed by atoms with van der Waals surface area (Å²) in [6.07, 6.45) is 3.36. The number of hydrogen-bond donors (Lipinski definition) is 1. The molecular weight excluding hydrogens is 464 g/mol. The third kappa shape index (κ3) is 5.67. The molecule has 0 spiro atoms. The number of aromatic nitrogens is 4. The van der Waals surface area contributed by atoms with Gasteiger partial charge < -0.3 is 9.47 Å². The monoisotopic (exact) mass is 488 g/mol. The number of pyridine rings is 1. The van der Waals surface area contributed by atoms with Crippen molar-refractivity contribution in [2.75, 3.05) is 20.0 Å². The SMILES string of the molecule is COc1ccc(-c2nnc(SCC(=O)N/N=C(/C)c3ccncc3)n2-c2ccccc2)cc1OC. The molecule has 4 rings (SSSR count). The average Bonchev–Trinajstić information content (AvgIpc) is 3.35. The number of nitrogens with one attached hydrogen (secondary N) is 1. The van der Waals surface area contributed by atoms with Crippen LogP contribution in [0.25, 0.3) is 17.1 Å². The molecule has 0 saturated carbocycles. The van der Waals surface area contributed by atoms with Crippen LogP contribution in [0.1, 0.15) is 12.5 Å². The Morgan fingerprint density at radius 2 is 1.74 bits per heavy atom. The number of hydrazone groups is 1. The topological polar surface area (TPSA) is 104 Å². The van der Waals surface area contributed by atoms with E-state index in [0.29, 0.717) is 28.2 Å². The molecule has 2 heterocycles. The summed E-state index contributed by atoms with van der Waals surface area (Å²) in [5.41, 5.74) is 5.84. The van der Waals surface area contributed by atoms with Crippen LogP contribution < -0.4 is 14.9 Å². The second kappa shape index (κ2) is 11.3. The molecule has 0 aliphatic heterocycles. The molecular formula is C25H24N6O3S. The highest BCUT2D eigenvalue weighted by molar-refractivity contribution is 7.99. The second-order valence-corrected chi connectivity index (χ2v) is 8.25. The van der Waals surface area contributed by atoms with Crippen LogP contribution in [0.15, 0.2) is 83.3 Å². The lowest BCUT2D eigenvalue weighted by molar-refractivity contribution is -0.118. The second-order valence-electron chi connectivity index (χ2n) is 7.30. The third-order valence-electron chi connectivity index (χ3n) is 5.07. The molecule has 0 aliphatic carbocycles. The maximum absolute atomic E-state index is 12.5. The number of hydrogen-bond acceptors (Lipinski definition) is 8. The van der Waals surface area contributed by atoms with Crippen LogP contribution in [0.2, 0.25) is 0 Å². The van der Waals surface area contributed by atoms with E-state index in [0.717, 1.165) is 16.8 Å². The summed E-state index contributed by atoms with van der Waals surface area (Å²) in [6, 6.07) is 18.9. The number of carbonyl (C=O) groups is 1. The van der Waals surface area contributed by atoms with E-state index in [4.69, 9.17) is 9.47 Å². The molecule has 9 nitrogen and oxygen atoms in total. The number of thioether (sulfide) groups is 1. The standard InChI is InChI=1S/C25H24N6O3S/c1-17(18-11-13-26-14-12-18)27-28-23(32)16-35-25-30-29-24(31(25)20-7-5-4-6-8-20)19-9-10-21(33-2)22(15-19)34-3/h4-15H,16H2,1-3H3,(H,28,32)/b27-17-. The maximum Gasteiger partial charge on any atom is 0.250 e. The minimum atomic E-state index is -0.251. The first kappa shape index (κ1) is 24.0. The Bertz CT molecular complexity index is 1330. The molecule has 0 aliphatic rings. The van der Waals surface area contributed by atoms with Gasteiger partial charge in [-0.05, 0) is 49.4 Å². The Balaban J connectivity index is 1.57. The van der Waals surface area contributed by atoms with E-state index in [1.807, 2.05) is 72.2 Å². The van der Waals surface area contributed by atoms with E-state index in [-0.39, 0.29) is 11.7 Å². The van der Waals surface area contributed by atoms with Gasteiger partial charge in [-0.3, -0.25) is 14.3 Å². The number of ether oxygens (including phenoxy) is 2. The minimum Gasteiger partial charge on any atom is -0.493 e. The largest absolute Gasteiger partial charge is 0.493 e. The summed E-state index contributed by atoms with van der Waals surface area (Å²) in [4.78, 5) is 16.5. The molecule has 4 aromatic rings. The molecule has 2 aromatic heterocycles. The van der Waals surface area contributed by atoms with Gasteiger partial charge in [-0.15, -0.1) is 10.2 Å². The van der Waals surface area contributed by atoms with Gasteiger partial charge in [0.25, 0.3) is 5.91 Å². The van der Waals surface area contributed by atoms with Crippen molar-refractivity contribution >= 4 is 23.4 Å². The van der Waals surface area contributed by atoms with Crippen molar-refractivity contribution in [1.82, 2.24) is 25.2 Å². The zero-order valence-electron chi connectivity index (χ0n) is 19.5. The van der Waals surface area contributed by atoms with Gasteiger partial charge in [0.15, 0.2) is 22.5 Å². The van der Waals surface area contributed by atoms with Crippen molar-refractivity contribution in [3.63, 3.8) is 0 Å². The van der Waals surface area contributed by atoms with Crippen molar-refractivity contribution in [3.05, 3.63) is 78.6 Å². The Hall–Kier alpha value is -4.18. The van der Waals surface area contributed by atoms with E-state index in [1.54, 1.807) is 26.6 Å². The highest BCUT2D eigenvalue weighted by Gasteiger charge is 2.18. The number of nitrogens with zero attached hydrogens (tertiary/aromatic N) is 5. The number of rotatable bonds is 9. The van der Waals surface area contributed by atoms with Crippen LogP contribution >= 0.6 is 11.8 Å². The molecule has 10 heteroatoms. The Labute approximate surface area is 207 Å². The molecule has 0 atom stereocenters. The molecule has 0 unspecified atom stereocenters. The summed E-state index contributed by atoms with van der Waals surface area (Å²) in [6.45, 7) is 1.82. The predicted octanol–water partition coefficient (Wildman–Crippen LogP) is 3.98. The predicted molar refractivity (Wildman–Crippen MR) is 135 cm³/mol. The first-order valence-corrected chi connectivity index (χ1v) is 11.7. The third-order valence-corrected chi connectivity index (χ3v) is 6.00. The fraction of sp³-hybridized carbons (Fsp3) is 0.160. The van der Waals surface area contributed by atoms with Crippen molar-refractivity contribution in [3.8, 4) is 28.6 Å². The number of carbonyl (C=O) groups excluding carboxylic acids is 1. The molecule has 0 saturated heterocycles. The zero-order valence-corrected chi connectivity index (χ0v) is 20.3. The van der Waals surface area contributed by atoms with Crippen LogP contribution in [0.4, 0.5) is 0 Å². The van der Waals surface area contributed by atoms with Crippen LogP contribution in [0, 0.1) is 0 Å². The number of methoxy groups -OCH3 is 2. The lowest BCUT2D eigenvalue weighted by Crippen LogP contribution is -2.21. The normalized spacial score (nSPS) is 11.2. The molecule has 0 bridgehead atoms. The van der Waals surface area contributed by atoms with Crippen LogP contribution in [-0.2, 0) is 4.79 Å². The first-order valence-electron chi connectivity index (χ1n) is 10.7. The number of amides is 1. The van der Waals surface area contributed by atoms with Crippen molar-refractivity contribution < 1.29 is 14.3 Å². The van der Waals surface area contributed by atoms with E-state index in [2.05, 4.69) is 25.7 Å². The van der Waals surface area contributed by atoms with Gasteiger partial charge in [0.2, 0.25) is 0 Å².